The molecule has 0 saturated carbocycles. The number of carboxylic acid groups (broad SMARTS) is 1. The molecule has 0 radical (unpaired) electrons. The number of hydrogen-bond acceptors (Lipinski definition) is 3. The van der Waals surface area contributed by atoms with E-state index in [9.17, 15) is 9.00 Å². The van der Waals surface area contributed by atoms with E-state index in [-0.39, 0.29) is 6.42 Å². The van der Waals surface area contributed by atoms with Gasteiger partial charge in [-0.25, -0.2) is 0 Å². The second-order valence-electron chi connectivity index (χ2n) is 6.62. The van der Waals surface area contributed by atoms with E-state index in [1.54, 1.807) is 0 Å². The minimum Gasteiger partial charge on any atom is -0.481 e. The maximum atomic E-state index is 12.4. The van der Waals surface area contributed by atoms with Gasteiger partial charge in [-0.05, 0) is 30.4 Å². The second-order valence-corrected chi connectivity index (χ2v) is 9.49. The first-order valence-corrected chi connectivity index (χ1v) is 11.9. The van der Waals surface area contributed by atoms with E-state index in [0.29, 0.717) is 23.2 Å². The second kappa shape index (κ2) is 12.7. The predicted molar refractivity (Wildman–Crippen MR) is 115 cm³/mol. The van der Waals surface area contributed by atoms with Gasteiger partial charge >= 0.3 is 5.97 Å². The van der Waals surface area contributed by atoms with Gasteiger partial charge in [-0.2, -0.15) is 11.8 Å². The predicted octanol–water partition coefficient (Wildman–Crippen LogP) is 5.27. The highest BCUT2D eigenvalue weighted by atomic mass is 32.2. The van der Waals surface area contributed by atoms with Crippen molar-refractivity contribution in [2.45, 2.75) is 48.9 Å². The van der Waals surface area contributed by atoms with Crippen LogP contribution in [0.2, 0.25) is 0 Å². The molecule has 0 amide bonds. The van der Waals surface area contributed by atoms with Crippen LogP contribution in [-0.2, 0) is 27.1 Å². The third-order valence-electron chi connectivity index (χ3n) is 4.33. The lowest BCUT2D eigenvalue weighted by Crippen LogP contribution is -2.11. The highest BCUT2D eigenvalue weighted by Crippen LogP contribution is 2.25. The van der Waals surface area contributed by atoms with E-state index in [2.05, 4.69) is 12.1 Å². The molecule has 0 fully saturated rings. The molecule has 0 heterocycles. The van der Waals surface area contributed by atoms with Crippen LogP contribution in [0.3, 0.4) is 0 Å². The standard InChI is InChI=1S/C22H28O3S2/c23-22(24)14-8-7-13-21(26-17-19-9-3-1-4-10-19)15-16-27(25)18-20-11-5-2-6-12-20/h1-6,9-12,21H,7-8,13-18H2,(H,23,24). The van der Waals surface area contributed by atoms with E-state index in [0.717, 1.165) is 30.6 Å². The number of rotatable bonds is 13. The monoisotopic (exact) mass is 404 g/mol. The minimum absolute atomic E-state index is 0.232. The Morgan fingerprint density at radius 2 is 1.56 bits per heavy atom. The van der Waals surface area contributed by atoms with Crippen LogP contribution in [0.1, 0.15) is 43.2 Å². The fraction of sp³-hybridized carbons (Fsp3) is 0.409. The van der Waals surface area contributed by atoms with Gasteiger partial charge in [0.1, 0.15) is 0 Å². The van der Waals surface area contributed by atoms with Gasteiger partial charge in [0.15, 0.2) is 0 Å². The number of carbonyl (C=O) groups is 1. The zero-order valence-electron chi connectivity index (χ0n) is 15.6. The Morgan fingerprint density at radius 3 is 2.19 bits per heavy atom. The molecule has 2 aromatic carbocycles. The molecule has 5 heteroatoms. The number of carboxylic acids is 1. The van der Waals surface area contributed by atoms with E-state index in [1.165, 1.54) is 5.56 Å². The average molecular weight is 405 g/mol. The van der Waals surface area contributed by atoms with Crippen molar-refractivity contribution in [3.8, 4) is 0 Å². The molecule has 0 aliphatic rings. The molecule has 1 N–H and O–H groups in total. The maximum absolute atomic E-state index is 12.4. The topological polar surface area (TPSA) is 54.4 Å². The lowest BCUT2D eigenvalue weighted by atomic mass is 10.1. The van der Waals surface area contributed by atoms with E-state index in [1.807, 2.05) is 60.3 Å². The first-order chi connectivity index (χ1) is 13.1. The normalized spacial score (nSPS) is 13.2. The van der Waals surface area contributed by atoms with Gasteiger partial charge in [0.2, 0.25) is 0 Å². The summed E-state index contributed by atoms with van der Waals surface area (Å²) in [5, 5.41) is 9.22. The Kier molecular flexibility index (Phi) is 10.2. The fourth-order valence-electron chi connectivity index (χ4n) is 2.84. The summed E-state index contributed by atoms with van der Waals surface area (Å²) in [6.45, 7) is 0. The quantitative estimate of drug-likeness (QED) is 0.462. The molecule has 146 valence electrons. The summed E-state index contributed by atoms with van der Waals surface area (Å²) in [6, 6.07) is 20.3. The third-order valence-corrected chi connectivity index (χ3v) is 7.12. The van der Waals surface area contributed by atoms with Crippen LogP contribution in [0, 0.1) is 0 Å². The van der Waals surface area contributed by atoms with Gasteiger partial charge in [0, 0.05) is 39.7 Å². The molecule has 0 saturated heterocycles. The van der Waals surface area contributed by atoms with Crippen molar-refractivity contribution in [3.05, 3.63) is 71.8 Å². The van der Waals surface area contributed by atoms with Crippen LogP contribution in [-0.4, -0.2) is 26.3 Å². The summed E-state index contributed by atoms with van der Waals surface area (Å²) in [5.74, 6) is 1.51. The Bertz CT molecular complexity index is 689. The van der Waals surface area contributed by atoms with Gasteiger partial charge in [-0.3, -0.25) is 9.00 Å². The third kappa shape index (κ3) is 9.78. The first kappa shape index (κ1) is 21.7. The van der Waals surface area contributed by atoms with Gasteiger partial charge in [0.05, 0.1) is 0 Å². The molecule has 2 atom stereocenters. The van der Waals surface area contributed by atoms with Crippen LogP contribution >= 0.6 is 11.8 Å². The number of benzene rings is 2. The van der Waals surface area contributed by atoms with Crippen molar-refractivity contribution >= 4 is 28.5 Å². The Morgan fingerprint density at radius 1 is 0.926 bits per heavy atom. The van der Waals surface area contributed by atoms with Gasteiger partial charge in [0.25, 0.3) is 0 Å². The zero-order valence-corrected chi connectivity index (χ0v) is 17.2. The fourth-order valence-corrected chi connectivity index (χ4v) is 5.49. The zero-order chi connectivity index (χ0) is 19.3. The molecule has 0 bridgehead atoms. The number of unbranched alkanes of at least 4 members (excludes halogenated alkanes) is 1. The molecule has 0 aromatic heterocycles. The average Bonchev–Trinajstić information content (AvgIpc) is 2.68. The van der Waals surface area contributed by atoms with E-state index < -0.39 is 16.8 Å². The lowest BCUT2D eigenvalue weighted by Gasteiger charge is -2.16. The SMILES string of the molecule is O=C(O)CCCCC(CCS(=O)Cc1ccccc1)SCc1ccccc1. The molecular formula is C22H28O3S2. The first-order valence-electron chi connectivity index (χ1n) is 9.39. The molecule has 0 aliphatic carbocycles. The van der Waals surface area contributed by atoms with Crippen molar-refractivity contribution in [1.29, 1.82) is 0 Å². The van der Waals surface area contributed by atoms with Crippen molar-refractivity contribution in [3.63, 3.8) is 0 Å². The molecule has 2 aromatic rings. The van der Waals surface area contributed by atoms with Gasteiger partial charge < -0.3 is 5.11 Å². The molecule has 2 unspecified atom stereocenters. The number of aliphatic carboxylic acids is 1. The lowest BCUT2D eigenvalue weighted by molar-refractivity contribution is -0.137. The Labute approximate surface area is 169 Å². The molecular weight excluding hydrogens is 376 g/mol. The van der Waals surface area contributed by atoms with Crippen LogP contribution in [0.4, 0.5) is 0 Å². The number of thioether (sulfide) groups is 1. The summed E-state index contributed by atoms with van der Waals surface area (Å²) in [6.07, 6.45) is 3.74. The van der Waals surface area contributed by atoms with Crippen molar-refractivity contribution in [2.75, 3.05) is 5.75 Å². The van der Waals surface area contributed by atoms with Crippen LogP contribution in [0.15, 0.2) is 60.7 Å². The van der Waals surface area contributed by atoms with Gasteiger partial charge in [-0.1, -0.05) is 67.1 Å². The molecule has 0 spiro atoms. The summed E-state index contributed by atoms with van der Waals surface area (Å²) in [5.41, 5.74) is 2.41. The smallest absolute Gasteiger partial charge is 0.303 e. The Hall–Kier alpha value is -1.59. The minimum atomic E-state index is -0.862. The Balaban J connectivity index is 1.80. The summed E-state index contributed by atoms with van der Waals surface area (Å²) in [7, 11) is -0.862. The summed E-state index contributed by atoms with van der Waals surface area (Å²) in [4.78, 5) is 10.7. The van der Waals surface area contributed by atoms with Crippen LogP contribution in [0.5, 0.6) is 0 Å². The molecule has 27 heavy (non-hydrogen) atoms. The van der Waals surface area contributed by atoms with Crippen LogP contribution in [0.25, 0.3) is 0 Å². The van der Waals surface area contributed by atoms with Crippen molar-refractivity contribution in [1.82, 2.24) is 0 Å². The summed E-state index contributed by atoms with van der Waals surface area (Å²) >= 11 is 1.90. The van der Waals surface area contributed by atoms with Gasteiger partial charge in [-0.15, -0.1) is 0 Å². The highest BCUT2D eigenvalue weighted by molar-refractivity contribution is 7.99. The molecule has 0 aliphatic heterocycles. The molecule has 2 rings (SSSR count). The maximum Gasteiger partial charge on any atom is 0.303 e. The van der Waals surface area contributed by atoms with Crippen molar-refractivity contribution in [2.24, 2.45) is 0 Å². The van der Waals surface area contributed by atoms with Crippen molar-refractivity contribution < 1.29 is 14.1 Å². The van der Waals surface area contributed by atoms with Crippen LogP contribution < -0.4 is 0 Å². The van der Waals surface area contributed by atoms with E-state index in [4.69, 9.17) is 5.11 Å². The largest absolute Gasteiger partial charge is 0.481 e. The highest BCUT2D eigenvalue weighted by Gasteiger charge is 2.13. The number of hydrogen-bond donors (Lipinski definition) is 1. The summed E-state index contributed by atoms with van der Waals surface area (Å²) < 4.78 is 12.4. The van der Waals surface area contributed by atoms with E-state index >= 15 is 0 Å². The molecule has 3 nitrogen and oxygen atoms in total.